The summed E-state index contributed by atoms with van der Waals surface area (Å²) in [6.45, 7) is 1.86. The van der Waals surface area contributed by atoms with Crippen molar-refractivity contribution in [2.75, 3.05) is 7.11 Å². The van der Waals surface area contributed by atoms with Gasteiger partial charge in [0.2, 0.25) is 11.6 Å². The summed E-state index contributed by atoms with van der Waals surface area (Å²) in [4.78, 5) is 14.8. The Morgan fingerprint density at radius 2 is 2.24 bits per heavy atom. The van der Waals surface area contributed by atoms with Gasteiger partial charge in [-0.2, -0.15) is 0 Å². The van der Waals surface area contributed by atoms with Crippen LogP contribution >= 0.6 is 0 Å². The topological polar surface area (TPSA) is 72.6 Å². The standard InChI is InChI=1S/C12H11NO4/c1-7-5-8(6-13-11(7)16-2)9-3-4-10(17-9)12(14)15/h3-6H,1-2H3,(H,14,15). The number of aromatic nitrogens is 1. The minimum absolute atomic E-state index is 0.0894. The van der Waals surface area contributed by atoms with E-state index in [2.05, 4.69) is 4.98 Å². The quantitative estimate of drug-likeness (QED) is 0.880. The minimum atomic E-state index is -1.09. The Morgan fingerprint density at radius 1 is 1.47 bits per heavy atom. The average molecular weight is 233 g/mol. The third-order valence-electron chi connectivity index (χ3n) is 2.32. The van der Waals surface area contributed by atoms with Gasteiger partial charge in [-0.15, -0.1) is 0 Å². The molecule has 0 saturated carbocycles. The van der Waals surface area contributed by atoms with Crippen LogP contribution in [0.4, 0.5) is 0 Å². The summed E-state index contributed by atoms with van der Waals surface area (Å²) in [5.41, 5.74) is 1.58. The molecule has 0 unspecified atom stereocenters. The third kappa shape index (κ3) is 2.13. The number of carbonyl (C=O) groups is 1. The minimum Gasteiger partial charge on any atom is -0.481 e. The van der Waals surface area contributed by atoms with Crippen molar-refractivity contribution in [2.24, 2.45) is 0 Å². The lowest BCUT2D eigenvalue weighted by atomic mass is 10.2. The van der Waals surface area contributed by atoms with Crippen molar-refractivity contribution < 1.29 is 19.1 Å². The van der Waals surface area contributed by atoms with Crippen LogP contribution in [0.25, 0.3) is 11.3 Å². The zero-order valence-corrected chi connectivity index (χ0v) is 9.43. The van der Waals surface area contributed by atoms with Gasteiger partial charge in [0, 0.05) is 17.3 Å². The molecular weight excluding hydrogens is 222 g/mol. The Morgan fingerprint density at radius 3 is 2.76 bits per heavy atom. The van der Waals surface area contributed by atoms with Crippen LogP contribution in [0.3, 0.4) is 0 Å². The van der Waals surface area contributed by atoms with Crippen molar-refractivity contribution in [3.63, 3.8) is 0 Å². The number of carboxylic acid groups (broad SMARTS) is 1. The van der Waals surface area contributed by atoms with Gasteiger partial charge in [0.1, 0.15) is 5.76 Å². The summed E-state index contributed by atoms with van der Waals surface area (Å²) in [6, 6.07) is 4.85. The SMILES string of the molecule is COc1ncc(-c2ccc(C(=O)O)o2)cc1C. The van der Waals surface area contributed by atoms with E-state index >= 15 is 0 Å². The van der Waals surface area contributed by atoms with Crippen LogP contribution in [-0.2, 0) is 0 Å². The predicted molar refractivity (Wildman–Crippen MR) is 60.2 cm³/mol. The monoisotopic (exact) mass is 233 g/mol. The molecule has 0 aliphatic carbocycles. The molecule has 17 heavy (non-hydrogen) atoms. The number of carboxylic acids is 1. The van der Waals surface area contributed by atoms with Crippen molar-refractivity contribution in [1.82, 2.24) is 4.98 Å². The second-order valence-corrected chi connectivity index (χ2v) is 3.52. The van der Waals surface area contributed by atoms with Crippen molar-refractivity contribution in [2.45, 2.75) is 6.92 Å². The fraction of sp³-hybridized carbons (Fsp3) is 0.167. The fourth-order valence-electron chi connectivity index (χ4n) is 1.52. The normalized spacial score (nSPS) is 10.2. The van der Waals surface area contributed by atoms with Gasteiger partial charge in [-0.3, -0.25) is 0 Å². The number of pyridine rings is 1. The fourth-order valence-corrected chi connectivity index (χ4v) is 1.52. The first-order valence-electron chi connectivity index (χ1n) is 4.96. The van der Waals surface area contributed by atoms with E-state index in [4.69, 9.17) is 14.3 Å². The highest BCUT2D eigenvalue weighted by Gasteiger charge is 2.11. The van der Waals surface area contributed by atoms with Gasteiger partial charge >= 0.3 is 5.97 Å². The van der Waals surface area contributed by atoms with Crippen LogP contribution in [0.2, 0.25) is 0 Å². The van der Waals surface area contributed by atoms with E-state index in [9.17, 15) is 4.79 Å². The van der Waals surface area contributed by atoms with Gasteiger partial charge < -0.3 is 14.3 Å². The zero-order valence-electron chi connectivity index (χ0n) is 9.43. The summed E-state index contributed by atoms with van der Waals surface area (Å²) in [6.07, 6.45) is 1.58. The molecule has 2 aromatic rings. The van der Waals surface area contributed by atoms with Crippen molar-refractivity contribution in [1.29, 1.82) is 0 Å². The Balaban J connectivity index is 2.39. The number of hydrogen-bond acceptors (Lipinski definition) is 4. The Labute approximate surface area is 97.7 Å². The third-order valence-corrected chi connectivity index (χ3v) is 2.32. The van der Waals surface area contributed by atoms with Gasteiger partial charge in [0.05, 0.1) is 7.11 Å². The van der Waals surface area contributed by atoms with Gasteiger partial charge in [-0.25, -0.2) is 9.78 Å². The number of aryl methyl sites for hydroxylation is 1. The molecule has 0 amide bonds. The lowest BCUT2D eigenvalue weighted by molar-refractivity contribution is 0.0663. The molecule has 2 rings (SSSR count). The number of ether oxygens (including phenoxy) is 1. The maximum Gasteiger partial charge on any atom is 0.371 e. The maximum atomic E-state index is 10.7. The zero-order chi connectivity index (χ0) is 12.4. The number of nitrogens with zero attached hydrogens (tertiary/aromatic N) is 1. The van der Waals surface area contributed by atoms with Gasteiger partial charge in [-0.1, -0.05) is 0 Å². The van der Waals surface area contributed by atoms with Crippen LogP contribution in [-0.4, -0.2) is 23.2 Å². The molecule has 2 heterocycles. The lowest BCUT2D eigenvalue weighted by Crippen LogP contribution is -1.92. The van der Waals surface area contributed by atoms with Crippen LogP contribution < -0.4 is 4.74 Å². The molecule has 0 saturated heterocycles. The van der Waals surface area contributed by atoms with Crippen LogP contribution in [0.5, 0.6) is 5.88 Å². The summed E-state index contributed by atoms with van der Waals surface area (Å²) in [7, 11) is 1.55. The molecular formula is C12H11NO4. The van der Waals surface area contributed by atoms with Crippen LogP contribution in [0.1, 0.15) is 16.1 Å². The summed E-state index contributed by atoms with van der Waals surface area (Å²) < 4.78 is 10.2. The second-order valence-electron chi connectivity index (χ2n) is 3.52. The number of hydrogen-bond donors (Lipinski definition) is 1. The van der Waals surface area contributed by atoms with Crippen LogP contribution in [0, 0.1) is 6.92 Å². The molecule has 0 aliphatic rings. The number of furan rings is 1. The van der Waals surface area contributed by atoms with E-state index in [0.717, 1.165) is 11.1 Å². The highest BCUT2D eigenvalue weighted by molar-refractivity contribution is 5.85. The Bertz CT molecular complexity index is 559. The summed E-state index contributed by atoms with van der Waals surface area (Å²) in [5, 5.41) is 8.75. The molecule has 0 fully saturated rings. The maximum absolute atomic E-state index is 10.7. The van der Waals surface area contributed by atoms with E-state index in [1.807, 2.05) is 13.0 Å². The second kappa shape index (κ2) is 4.29. The smallest absolute Gasteiger partial charge is 0.371 e. The van der Waals surface area contributed by atoms with E-state index in [1.165, 1.54) is 6.07 Å². The van der Waals surface area contributed by atoms with E-state index in [1.54, 1.807) is 19.4 Å². The first-order valence-corrected chi connectivity index (χ1v) is 4.96. The molecule has 0 bridgehead atoms. The Kier molecular flexibility index (Phi) is 2.82. The predicted octanol–water partition coefficient (Wildman–Crippen LogP) is 2.36. The first kappa shape index (κ1) is 11.2. The number of aromatic carboxylic acids is 1. The highest BCUT2D eigenvalue weighted by atomic mass is 16.5. The van der Waals surface area contributed by atoms with Crippen molar-refractivity contribution >= 4 is 5.97 Å². The van der Waals surface area contributed by atoms with Gasteiger partial charge in [0.15, 0.2) is 0 Å². The van der Waals surface area contributed by atoms with Crippen molar-refractivity contribution in [3.8, 4) is 17.2 Å². The van der Waals surface area contributed by atoms with Gasteiger partial charge in [0.25, 0.3) is 0 Å². The van der Waals surface area contributed by atoms with E-state index in [0.29, 0.717) is 11.6 Å². The molecule has 1 N–H and O–H groups in total. The average Bonchev–Trinajstić information content (AvgIpc) is 2.78. The van der Waals surface area contributed by atoms with E-state index < -0.39 is 5.97 Å². The summed E-state index contributed by atoms with van der Waals surface area (Å²) in [5.74, 6) is -0.165. The summed E-state index contributed by atoms with van der Waals surface area (Å²) >= 11 is 0. The number of rotatable bonds is 3. The first-order chi connectivity index (χ1) is 8.11. The molecule has 0 aliphatic heterocycles. The van der Waals surface area contributed by atoms with Crippen molar-refractivity contribution in [3.05, 3.63) is 35.7 Å². The molecule has 0 radical (unpaired) electrons. The molecule has 0 aromatic carbocycles. The molecule has 5 heteroatoms. The highest BCUT2D eigenvalue weighted by Crippen LogP contribution is 2.25. The molecule has 88 valence electrons. The lowest BCUT2D eigenvalue weighted by Gasteiger charge is -2.04. The molecule has 2 aromatic heterocycles. The van der Waals surface area contributed by atoms with Crippen LogP contribution in [0.15, 0.2) is 28.8 Å². The van der Waals surface area contributed by atoms with Gasteiger partial charge in [-0.05, 0) is 25.1 Å². The molecule has 0 spiro atoms. The molecule has 5 nitrogen and oxygen atoms in total. The Hall–Kier alpha value is -2.30. The number of methoxy groups -OCH3 is 1. The van der Waals surface area contributed by atoms with E-state index in [-0.39, 0.29) is 5.76 Å². The largest absolute Gasteiger partial charge is 0.481 e. The molecule has 0 atom stereocenters.